The standard InChI is InChI=1S/C13H18O2S2/c1-17(14,15)10-9-16-13-8-4-6-11-5-2-3-7-12(11)13/h2-3,5,7,13H,4,6,8-10H2,1H3. The van der Waals surface area contributed by atoms with Crippen LogP contribution >= 0.6 is 11.8 Å². The Labute approximate surface area is 108 Å². The molecule has 1 unspecified atom stereocenters. The van der Waals surface area contributed by atoms with E-state index in [9.17, 15) is 8.42 Å². The van der Waals surface area contributed by atoms with Gasteiger partial charge in [0.2, 0.25) is 0 Å². The maximum atomic E-state index is 11.1. The van der Waals surface area contributed by atoms with Crippen molar-refractivity contribution < 1.29 is 8.42 Å². The van der Waals surface area contributed by atoms with Gasteiger partial charge in [-0.1, -0.05) is 24.3 Å². The zero-order chi connectivity index (χ0) is 12.3. The highest BCUT2D eigenvalue weighted by molar-refractivity contribution is 8.00. The van der Waals surface area contributed by atoms with Crippen LogP contribution < -0.4 is 0 Å². The highest BCUT2D eigenvalue weighted by atomic mass is 32.2. The topological polar surface area (TPSA) is 34.1 Å². The van der Waals surface area contributed by atoms with Gasteiger partial charge >= 0.3 is 0 Å². The summed E-state index contributed by atoms with van der Waals surface area (Å²) >= 11 is 1.79. The van der Waals surface area contributed by atoms with Gasteiger partial charge < -0.3 is 0 Å². The lowest BCUT2D eigenvalue weighted by atomic mass is 9.91. The van der Waals surface area contributed by atoms with Gasteiger partial charge in [-0.3, -0.25) is 0 Å². The highest BCUT2D eigenvalue weighted by Crippen LogP contribution is 2.39. The zero-order valence-corrected chi connectivity index (χ0v) is 11.7. The lowest BCUT2D eigenvalue weighted by Crippen LogP contribution is -2.10. The van der Waals surface area contributed by atoms with Crippen molar-refractivity contribution in [2.24, 2.45) is 0 Å². The van der Waals surface area contributed by atoms with Crippen LogP contribution in [0.15, 0.2) is 24.3 Å². The predicted octanol–water partition coefficient (Wildman–Crippen LogP) is 2.84. The number of benzene rings is 1. The smallest absolute Gasteiger partial charge is 0.148 e. The van der Waals surface area contributed by atoms with Crippen LogP contribution in [0.4, 0.5) is 0 Å². The molecule has 1 aromatic carbocycles. The van der Waals surface area contributed by atoms with E-state index in [0.29, 0.717) is 11.0 Å². The van der Waals surface area contributed by atoms with Crippen LogP contribution in [-0.2, 0) is 16.3 Å². The van der Waals surface area contributed by atoms with Crippen LogP contribution in [0.1, 0.15) is 29.2 Å². The molecule has 0 aliphatic heterocycles. The molecule has 2 nitrogen and oxygen atoms in total. The number of aryl methyl sites for hydroxylation is 1. The van der Waals surface area contributed by atoms with Crippen LogP contribution in [-0.4, -0.2) is 26.2 Å². The van der Waals surface area contributed by atoms with Crippen molar-refractivity contribution in [1.82, 2.24) is 0 Å². The first kappa shape index (κ1) is 13.0. The van der Waals surface area contributed by atoms with E-state index < -0.39 is 9.84 Å². The Kier molecular flexibility index (Phi) is 4.15. The molecule has 94 valence electrons. The van der Waals surface area contributed by atoms with Crippen molar-refractivity contribution >= 4 is 21.6 Å². The molecule has 0 radical (unpaired) electrons. The van der Waals surface area contributed by atoms with Crippen molar-refractivity contribution in [3.05, 3.63) is 35.4 Å². The molecular formula is C13H18O2S2. The summed E-state index contributed by atoms with van der Waals surface area (Å²) in [5, 5.41) is 0.488. The normalized spacial score (nSPS) is 19.9. The van der Waals surface area contributed by atoms with E-state index in [-0.39, 0.29) is 5.75 Å². The molecule has 0 N–H and O–H groups in total. The molecule has 0 aromatic heterocycles. The molecule has 0 saturated heterocycles. The van der Waals surface area contributed by atoms with Crippen molar-refractivity contribution in [3.63, 3.8) is 0 Å². The maximum Gasteiger partial charge on any atom is 0.148 e. The van der Waals surface area contributed by atoms with Crippen molar-refractivity contribution in [2.45, 2.75) is 24.5 Å². The minimum Gasteiger partial charge on any atom is -0.229 e. The first-order valence-corrected chi connectivity index (χ1v) is 9.04. The zero-order valence-electron chi connectivity index (χ0n) is 10.1. The van der Waals surface area contributed by atoms with Gasteiger partial charge in [0.1, 0.15) is 9.84 Å². The monoisotopic (exact) mass is 270 g/mol. The second-order valence-corrected chi connectivity index (χ2v) is 8.15. The Balaban J connectivity index is 1.99. The minimum atomic E-state index is -2.82. The van der Waals surface area contributed by atoms with E-state index in [1.165, 1.54) is 36.6 Å². The molecule has 0 bridgehead atoms. The quantitative estimate of drug-likeness (QED) is 0.843. The highest BCUT2D eigenvalue weighted by Gasteiger charge is 2.20. The van der Waals surface area contributed by atoms with E-state index >= 15 is 0 Å². The number of sulfone groups is 1. The van der Waals surface area contributed by atoms with Gasteiger partial charge in [-0.15, -0.1) is 0 Å². The molecule has 1 aliphatic carbocycles. The summed E-state index contributed by atoms with van der Waals surface area (Å²) in [6.07, 6.45) is 4.86. The third-order valence-corrected chi connectivity index (χ3v) is 5.62. The molecule has 2 rings (SSSR count). The van der Waals surface area contributed by atoms with Crippen molar-refractivity contribution in [1.29, 1.82) is 0 Å². The van der Waals surface area contributed by atoms with Crippen LogP contribution in [0.3, 0.4) is 0 Å². The van der Waals surface area contributed by atoms with Gasteiger partial charge in [-0.2, -0.15) is 11.8 Å². The number of rotatable bonds is 4. The first-order valence-electron chi connectivity index (χ1n) is 5.93. The molecular weight excluding hydrogens is 252 g/mol. The van der Waals surface area contributed by atoms with Crippen molar-refractivity contribution in [2.75, 3.05) is 17.8 Å². The predicted molar refractivity (Wildman–Crippen MR) is 74.3 cm³/mol. The molecule has 0 saturated carbocycles. The Hall–Kier alpha value is -0.480. The van der Waals surface area contributed by atoms with Crippen LogP contribution in [0.2, 0.25) is 0 Å². The van der Waals surface area contributed by atoms with E-state index in [1.54, 1.807) is 11.8 Å². The molecule has 0 spiro atoms. The molecule has 17 heavy (non-hydrogen) atoms. The number of hydrogen-bond acceptors (Lipinski definition) is 3. The van der Waals surface area contributed by atoms with E-state index in [0.717, 1.165) is 0 Å². The molecule has 0 amide bonds. The van der Waals surface area contributed by atoms with E-state index in [1.807, 2.05) is 0 Å². The summed E-state index contributed by atoms with van der Waals surface area (Å²) in [4.78, 5) is 0. The van der Waals surface area contributed by atoms with Gasteiger partial charge in [-0.25, -0.2) is 8.42 Å². The first-order chi connectivity index (χ1) is 8.06. The summed E-state index contributed by atoms with van der Waals surface area (Å²) < 4.78 is 22.2. The minimum absolute atomic E-state index is 0.288. The SMILES string of the molecule is CS(=O)(=O)CCSC1CCCc2ccccc21. The average Bonchev–Trinajstić information content (AvgIpc) is 2.28. The van der Waals surface area contributed by atoms with Crippen molar-refractivity contribution in [3.8, 4) is 0 Å². The summed E-state index contributed by atoms with van der Waals surface area (Å²) in [6, 6.07) is 8.54. The third-order valence-electron chi connectivity index (χ3n) is 3.09. The second kappa shape index (κ2) is 5.44. The molecule has 1 atom stereocenters. The molecule has 4 heteroatoms. The fraction of sp³-hybridized carbons (Fsp3) is 0.538. The fourth-order valence-electron chi connectivity index (χ4n) is 2.22. The van der Waals surface area contributed by atoms with E-state index in [4.69, 9.17) is 0 Å². The molecule has 1 aromatic rings. The van der Waals surface area contributed by atoms with Crippen LogP contribution in [0.5, 0.6) is 0 Å². The number of thioether (sulfide) groups is 1. The molecule has 0 fully saturated rings. The number of hydrogen-bond donors (Lipinski definition) is 0. The van der Waals surface area contributed by atoms with Crippen LogP contribution in [0, 0.1) is 0 Å². The Morgan fingerprint density at radius 3 is 2.88 bits per heavy atom. The Morgan fingerprint density at radius 2 is 2.12 bits per heavy atom. The van der Waals surface area contributed by atoms with Gasteiger partial charge in [0.05, 0.1) is 5.75 Å². The fourth-order valence-corrected chi connectivity index (χ4v) is 4.85. The summed E-state index contributed by atoms with van der Waals surface area (Å²) in [5.74, 6) is 0.994. The van der Waals surface area contributed by atoms with Gasteiger partial charge in [-0.05, 0) is 30.4 Å². The summed E-state index contributed by atoms with van der Waals surface area (Å²) in [5.41, 5.74) is 2.85. The average molecular weight is 270 g/mol. The van der Waals surface area contributed by atoms with Gasteiger partial charge in [0.15, 0.2) is 0 Å². The Bertz CT molecular complexity index is 480. The summed E-state index contributed by atoms with van der Waals surface area (Å²) in [6.45, 7) is 0. The third kappa shape index (κ3) is 3.75. The Morgan fingerprint density at radius 1 is 1.35 bits per heavy atom. The maximum absolute atomic E-state index is 11.1. The number of fused-ring (bicyclic) bond motifs is 1. The van der Waals surface area contributed by atoms with E-state index in [2.05, 4.69) is 24.3 Å². The largest absolute Gasteiger partial charge is 0.229 e. The van der Waals surface area contributed by atoms with Crippen LogP contribution in [0.25, 0.3) is 0 Å². The summed E-state index contributed by atoms with van der Waals surface area (Å²) in [7, 11) is -2.82. The molecule has 0 heterocycles. The van der Waals surface area contributed by atoms with Gasteiger partial charge in [0, 0.05) is 17.3 Å². The molecule has 1 aliphatic rings. The lowest BCUT2D eigenvalue weighted by Gasteiger charge is -2.24. The second-order valence-electron chi connectivity index (χ2n) is 4.58. The lowest BCUT2D eigenvalue weighted by molar-refractivity contribution is 0.603. The van der Waals surface area contributed by atoms with Gasteiger partial charge in [0.25, 0.3) is 0 Å².